The van der Waals surface area contributed by atoms with Gasteiger partial charge < -0.3 is 10.7 Å². The number of hydrogen-bond acceptors (Lipinski definition) is 4. The molecular formula is C26H30N4O. The van der Waals surface area contributed by atoms with Crippen molar-refractivity contribution in [3.8, 4) is 0 Å². The maximum atomic E-state index is 11.2. The number of aryl methyl sites for hydroxylation is 1. The van der Waals surface area contributed by atoms with Crippen LogP contribution < -0.4 is 10.7 Å². The van der Waals surface area contributed by atoms with Crippen LogP contribution in [-0.2, 0) is 16.6 Å². The van der Waals surface area contributed by atoms with Crippen molar-refractivity contribution in [3.05, 3.63) is 90.3 Å². The van der Waals surface area contributed by atoms with E-state index in [4.69, 9.17) is 4.98 Å². The molecule has 1 aliphatic heterocycles. The van der Waals surface area contributed by atoms with Gasteiger partial charge in [-0.05, 0) is 67.6 Å². The number of amides is 1. The second kappa shape index (κ2) is 9.75. The molecule has 0 saturated carbocycles. The quantitative estimate of drug-likeness (QED) is 0.569. The summed E-state index contributed by atoms with van der Waals surface area (Å²) >= 11 is 0. The number of piperidine rings is 1. The zero-order valence-corrected chi connectivity index (χ0v) is 18.1. The number of nitrogens with one attached hydrogen (secondary N) is 2. The van der Waals surface area contributed by atoms with Gasteiger partial charge in [0.2, 0.25) is 5.91 Å². The Kier molecular flexibility index (Phi) is 6.63. The second-order valence-electron chi connectivity index (χ2n) is 8.34. The summed E-state index contributed by atoms with van der Waals surface area (Å²) in [5.41, 5.74) is 8.07. The summed E-state index contributed by atoms with van der Waals surface area (Å²) in [5, 5.41) is 5.09. The lowest BCUT2D eigenvalue weighted by atomic mass is 9.71. The third-order valence-electron chi connectivity index (χ3n) is 6.16. The molecule has 1 aliphatic rings. The number of pyridine rings is 1. The summed E-state index contributed by atoms with van der Waals surface area (Å²) in [6, 6.07) is 24.9. The van der Waals surface area contributed by atoms with Crippen molar-refractivity contribution in [2.24, 2.45) is 0 Å². The van der Waals surface area contributed by atoms with E-state index in [1.165, 1.54) is 18.2 Å². The van der Waals surface area contributed by atoms with E-state index in [-0.39, 0.29) is 11.3 Å². The van der Waals surface area contributed by atoms with Crippen molar-refractivity contribution >= 4 is 17.3 Å². The largest absolute Gasteiger partial charge is 0.326 e. The van der Waals surface area contributed by atoms with E-state index in [1.54, 1.807) is 0 Å². The van der Waals surface area contributed by atoms with Crippen molar-refractivity contribution in [1.82, 2.24) is 9.99 Å². The Morgan fingerprint density at radius 1 is 0.935 bits per heavy atom. The molecule has 0 radical (unpaired) electrons. The molecule has 1 aromatic heterocycles. The lowest BCUT2D eigenvalue weighted by Crippen LogP contribution is -2.45. The van der Waals surface area contributed by atoms with Gasteiger partial charge in [-0.25, -0.2) is 5.01 Å². The lowest BCUT2D eigenvalue weighted by molar-refractivity contribution is -0.114. The monoisotopic (exact) mass is 414 g/mol. The molecule has 4 rings (SSSR count). The molecule has 1 fully saturated rings. The fourth-order valence-electron chi connectivity index (χ4n) is 4.40. The number of hydrazine groups is 1. The molecule has 2 aromatic carbocycles. The van der Waals surface area contributed by atoms with E-state index in [9.17, 15) is 4.79 Å². The van der Waals surface area contributed by atoms with Gasteiger partial charge in [0.1, 0.15) is 0 Å². The molecule has 0 atom stereocenters. The Hall–Kier alpha value is -3.18. The Bertz CT molecular complexity index is 965. The average molecular weight is 415 g/mol. The van der Waals surface area contributed by atoms with Crippen LogP contribution >= 0.6 is 0 Å². The summed E-state index contributed by atoms with van der Waals surface area (Å²) < 4.78 is 0. The van der Waals surface area contributed by atoms with E-state index in [0.717, 1.165) is 50.1 Å². The number of nitrogens with zero attached hydrogens (tertiary/aromatic N) is 2. The van der Waals surface area contributed by atoms with Crippen LogP contribution in [0, 0.1) is 0 Å². The number of carbonyl (C=O) groups is 1. The number of benzene rings is 2. The van der Waals surface area contributed by atoms with Crippen molar-refractivity contribution in [2.45, 2.75) is 38.0 Å². The maximum Gasteiger partial charge on any atom is 0.221 e. The van der Waals surface area contributed by atoms with Gasteiger partial charge in [0.25, 0.3) is 0 Å². The normalized spacial score (nSPS) is 15.9. The van der Waals surface area contributed by atoms with Crippen LogP contribution in [0.4, 0.5) is 11.4 Å². The van der Waals surface area contributed by atoms with E-state index in [0.29, 0.717) is 0 Å². The molecule has 160 valence electrons. The van der Waals surface area contributed by atoms with Crippen molar-refractivity contribution in [3.63, 3.8) is 0 Å². The first-order valence-electron chi connectivity index (χ1n) is 11.0. The van der Waals surface area contributed by atoms with Gasteiger partial charge in [0.05, 0.1) is 0 Å². The molecule has 0 bridgehead atoms. The molecule has 3 aromatic rings. The molecule has 0 spiro atoms. The highest BCUT2D eigenvalue weighted by atomic mass is 16.1. The molecule has 5 nitrogen and oxygen atoms in total. The third-order valence-corrected chi connectivity index (χ3v) is 6.16. The minimum absolute atomic E-state index is 0.0573. The first-order valence-corrected chi connectivity index (χ1v) is 11.0. The average Bonchev–Trinajstić information content (AvgIpc) is 2.81. The van der Waals surface area contributed by atoms with Gasteiger partial charge in [0, 0.05) is 48.7 Å². The minimum Gasteiger partial charge on any atom is -0.326 e. The van der Waals surface area contributed by atoms with Crippen LogP contribution in [0.25, 0.3) is 0 Å². The van der Waals surface area contributed by atoms with Gasteiger partial charge >= 0.3 is 0 Å². The topological polar surface area (TPSA) is 57.3 Å². The molecule has 1 amide bonds. The van der Waals surface area contributed by atoms with Crippen LogP contribution in [0.1, 0.15) is 37.4 Å². The highest BCUT2D eigenvalue weighted by Crippen LogP contribution is 2.38. The van der Waals surface area contributed by atoms with Gasteiger partial charge in [-0.2, -0.15) is 0 Å². The highest BCUT2D eigenvalue weighted by Gasteiger charge is 2.37. The molecule has 2 N–H and O–H groups in total. The Labute approximate surface area is 184 Å². The molecule has 5 heteroatoms. The highest BCUT2D eigenvalue weighted by molar-refractivity contribution is 5.88. The fraction of sp³-hybridized carbons (Fsp3) is 0.308. The molecule has 31 heavy (non-hydrogen) atoms. The first kappa shape index (κ1) is 21.1. The first-order chi connectivity index (χ1) is 15.1. The summed E-state index contributed by atoms with van der Waals surface area (Å²) in [6.07, 6.45) is 6.21. The minimum atomic E-state index is -0.0573. The standard InChI is InChI=1S/C26H30N4O/c1-21(31)28-23-10-12-24(13-11-23)29-30-19-16-26(17-20-30,25-9-5-6-18-27-25)15-14-22-7-3-2-4-8-22/h2-13,18,29H,14-17,19-20H2,1H3,(H,28,31). The van der Waals surface area contributed by atoms with E-state index in [1.807, 2.05) is 36.5 Å². The Morgan fingerprint density at radius 2 is 1.61 bits per heavy atom. The van der Waals surface area contributed by atoms with Crippen LogP contribution in [0.15, 0.2) is 79.0 Å². The summed E-state index contributed by atoms with van der Waals surface area (Å²) in [5.74, 6) is -0.0573. The van der Waals surface area contributed by atoms with Gasteiger partial charge in [-0.3, -0.25) is 9.78 Å². The predicted octanol–water partition coefficient (Wildman–Crippen LogP) is 5.03. The van der Waals surface area contributed by atoms with E-state index >= 15 is 0 Å². The summed E-state index contributed by atoms with van der Waals surface area (Å²) in [4.78, 5) is 16.0. The zero-order chi connectivity index (χ0) is 21.5. The SMILES string of the molecule is CC(=O)Nc1ccc(NN2CCC(CCc3ccccc3)(c3ccccn3)CC2)cc1. The molecule has 1 saturated heterocycles. The predicted molar refractivity (Wildman–Crippen MR) is 126 cm³/mol. The number of carbonyl (C=O) groups excluding carboxylic acids is 1. The van der Waals surface area contributed by atoms with Crippen molar-refractivity contribution < 1.29 is 4.79 Å². The molecule has 0 aliphatic carbocycles. The summed E-state index contributed by atoms with van der Waals surface area (Å²) in [7, 11) is 0. The van der Waals surface area contributed by atoms with Gasteiger partial charge in [-0.1, -0.05) is 36.4 Å². The third kappa shape index (κ3) is 5.50. The van der Waals surface area contributed by atoms with Crippen molar-refractivity contribution in [1.29, 1.82) is 0 Å². The summed E-state index contributed by atoms with van der Waals surface area (Å²) in [6.45, 7) is 3.43. The van der Waals surface area contributed by atoms with Crippen LogP contribution in [0.2, 0.25) is 0 Å². The van der Waals surface area contributed by atoms with Gasteiger partial charge in [0.15, 0.2) is 0 Å². The smallest absolute Gasteiger partial charge is 0.221 e. The number of rotatable bonds is 7. The lowest BCUT2D eigenvalue weighted by Gasteiger charge is -2.42. The molecule has 2 heterocycles. The van der Waals surface area contributed by atoms with E-state index < -0.39 is 0 Å². The van der Waals surface area contributed by atoms with Crippen LogP contribution in [0.5, 0.6) is 0 Å². The zero-order valence-electron chi connectivity index (χ0n) is 18.1. The fourth-order valence-corrected chi connectivity index (χ4v) is 4.40. The number of aromatic nitrogens is 1. The Morgan fingerprint density at radius 3 is 2.26 bits per heavy atom. The Balaban J connectivity index is 1.41. The second-order valence-corrected chi connectivity index (χ2v) is 8.34. The number of hydrogen-bond donors (Lipinski definition) is 2. The van der Waals surface area contributed by atoms with E-state index in [2.05, 4.69) is 58.2 Å². The molecular weight excluding hydrogens is 384 g/mol. The molecule has 0 unspecified atom stereocenters. The van der Waals surface area contributed by atoms with Crippen LogP contribution in [0.3, 0.4) is 0 Å². The van der Waals surface area contributed by atoms with Gasteiger partial charge in [-0.15, -0.1) is 0 Å². The van der Waals surface area contributed by atoms with Crippen LogP contribution in [-0.4, -0.2) is 29.0 Å². The van der Waals surface area contributed by atoms with Crippen molar-refractivity contribution in [2.75, 3.05) is 23.8 Å². The number of anilines is 2. The maximum absolute atomic E-state index is 11.2.